The summed E-state index contributed by atoms with van der Waals surface area (Å²) in [6.07, 6.45) is 0. The third-order valence-corrected chi connectivity index (χ3v) is 2.95. The van der Waals surface area contributed by atoms with Crippen LogP contribution in [0, 0.1) is 0 Å². The van der Waals surface area contributed by atoms with Gasteiger partial charge in [-0.1, -0.05) is 48.5 Å². The molecule has 0 aliphatic heterocycles. The fraction of sp³-hybridized carbons (Fsp3) is 0. The zero-order chi connectivity index (χ0) is 12.4. The largest absolute Gasteiger partial charge is 0.352 e. The van der Waals surface area contributed by atoms with Crippen molar-refractivity contribution >= 4 is 22.1 Å². The van der Waals surface area contributed by atoms with Gasteiger partial charge in [-0.3, -0.25) is 5.11 Å². The van der Waals surface area contributed by atoms with Crippen LogP contribution in [0.15, 0.2) is 66.7 Å². The third-order valence-electron chi connectivity index (χ3n) is 2.95. The molecule has 3 aromatic rings. The molecule has 1 radical (unpaired) electrons. The number of rotatable bonds is 2. The molecule has 0 saturated carbocycles. The van der Waals surface area contributed by atoms with Crippen molar-refractivity contribution in [3.05, 3.63) is 66.7 Å². The maximum atomic E-state index is 11.7. The van der Waals surface area contributed by atoms with Gasteiger partial charge in [-0.15, -0.1) is 0 Å². The maximum absolute atomic E-state index is 11.7. The number of hydrogen-bond donors (Lipinski definition) is 1. The van der Waals surface area contributed by atoms with Crippen LogP contribution in [0.1, 0.15) is 0 Å². The topological polar surface area (TPSA) is 31.9 Å². The minimum Gasteiger partial charge on any atom is -0.352 e. The van der Waals surface area contributed by atoms with E-state index in [4.69, 9.17) is 0 Å². The molecule has 0 amide bonds. The van der Waals surface area contributed by atoms with Gasteiger partial charge in [0.1, 0.15) is 0 Å². The van der Waals surface area contributed by atoms with Gasteiger partial charge in [0.25, 0.3) is 0 Å². The Labute approximate surface area is 106 Å². The molecular formula is C16H12NO. The van der Waals surface area contributed by atoms with Crippen molar-refractivity contribution < 1.29 is 5.11 Å². The van der Waals surface area contributed by atoms with Crippen LogP contribution in [0.3, 0.4) is 0 Å². The van der Waals surface area contributed by atoms with Crippen molar-refractivity contribution in [2.45, 2.75) is 0 Å². The molecule has 1 N–H and O–H groups in total. The summed E-state index contributed by atoms with van der Waals surface area (Å²) >= 11 is 0. The SMILES string of the molecule is [O]c1ccccc1Nc1cccc2ccccc12. The Bertz CT molecular complexity index is 686. The summed E-state index contributed by atoms with van der Waals surface area (Å²) in [5.41, 5.74) is 1.56. The lowest BCUT2D eigenvalue weighted by Crippen LogP contribution is -1.91. The Kier molecular flexibility index (Phi) is 2.61. The van der Waals surface area contributed by atoms with E-state index in [0.717, 1.165) is 16.5 Å². The highest BCUT2D eigenvalue weighted by atomic mass is 16.3. The summed E-state index contributed by atoms with van der Waals surface area (Å²) in [6, 6.07) is 21.1. The average Bonchev–Trinajstić information content (AvgIpc) is 2.42. The van der Waals surface area contributed by atoms with Gasteiger partial charge in [-0.25, -0.2) is 0 Å². The van der Waals surface area contributed by atoms with Crippen molar-refractivity contribution in [3.63, 3.8) is 0 Å². The van der Waals surface area contributed by atoms with Crippen LogP contribution in [-0.4, -0.2) is 0 Å². The van der Waals surface area contributed by atoms with E-state index < -0.39 is 0 Å². The minimum absolute atomic E-state index is 0.00503. The van der Waals surface area contributed by atoms with Crippen LogP contribution in [0.5, 0.6) is 5.75 Å². The quantitative estimate of drug-likeness (QED) is 0.683. The molecule has 0 aromatic heterocycles. The van der Waals surface area contributed by atoms with Crippen molar-refractivity contribution in [1.82, 2.24) is 0 Å². The van der Waals surface area contributed by atoms with Crippen molar-refractivity contribution in [2.75, 3.05) is 5.32 Å². The summed E-state index contributed by atoms with van der Waals surface area (Å²) in [6.45, 7) is 0. The first-order valence-electron chi connectivity index (χ1n) is 5.85. The molecule has 0 spiro atoms. The molecule has 0 fully saturated rings. The van der Waals surface area contributed by atoms with E-state index in [1.54, 1.807) is 18.2 Å². The van der Waals surface area contributed by atoms with E-state index in [1.807, 2.05) is 36.4 Å². The van der Waals surface area contributed by atoms with Gasteiger partial charge >= 0.3 is 0 Å². The Morgan fingerprint density at radius 2 is 1.33 bits per heavy atom. The molecule has 3 aromatic carbocycles. The van der Waals surface area contributed by atoms with E-state index in [-0.39, 0.29) is 5.75 Å². The Hall–Kier alpha value is -2.48. The van der Waals surface area contributed by atoms with Crippen LogP contribution in [0.25, 0.3) is 10.8 Å². The average molecular weight is 234 g/mol. The maximum Gasteiger partial charge on any atom is 0.201 e. The summed E-state index contributed by atoms with van der Waals surface area (Å²) in [5.74, 6) is 0.00503. The summed E-state index contributed by atoms with van der Waals surface area (Å²) in [4.78, 5) is 0. The van der Waals surface area contributed by atoms with Gasteiger partial charge in [0.2, 0.25) is 5.75 Å². The van der Waals surface area contributed by atoms with E-state index in [0.29, 0.717) is 5.69 Å². The first kappa shape index (κ1) is 10.7. The van der Waals surface area contributed by atoms with E-state index in [1.165, 1.54) is 0 Å². The highest BCUT2D eigenvalue weighted by Gasteiger charge is 2.04. The molecule has 0 saturated heterocycles. The Morgan fingerprint density at radius 1 is 0.667 bits per heavy atom. The van der Waals surface area contributed by atoms with Crippen LogP contribution in [0.2, 0.25) is 0 Å². The fourth-order valence-electron chi connectivity index (χ4n) is 2.05. The zero-order valence-corrected chi connectivity index (χ0v) is 9.76. The smallest absolute Gasteiger partial charge is 0.201 e. The van der Waals surface area contributed by atoms with Gasteiger partial charge in [0.05, 0.1) is 5.69 Å². The van der Waals surface area contributed by atoms with Gasteiger partial charge in [0, 0.05) is 11.1 Å². The summed E-state index contributed by atoms with van der Waals surface area (Å²) < 4.78 is 0. The number of benzene rings is 3. The zero-order valence-electron chi connectivity index (χ0n) is 9.76. The Morgan fingerprint density at radius 3 is 2.22 bits per heavy atom. The number of nitrogens with one attached hydrogen (secondary N) is 1. The first-order chi connectivity index (χ1) is 8.84. The van der Waals surface area contributed by atoms with Gasteiger partial charge in [-0.2, -0.15) is 0 Å². The molecule has 0 bridgehead atoms. The van der Waals surface area contributed by atoms with E-state index >= 15 is 0 Å². The predicted molar refractivity (Wildman–Crippen MR) is 73.8 cm³/mol. The van der Waals surface area contributed by atoms with Crippen LogP contribution in [-0.2, 0) is 5.11 Å². The molecule has 3 rings (SSSR count). The second-order valence-electron chi connectivity index (χ2n) is 4.15. The van der Waals surface area contributed by atoms with Crippen molar-refractivity contribution in [3.8, 4) is 5.75 Å². The predicted octanol–water partition coefficient (Wildman–Crippen LogP) is 4.73. The molecule has 0 aliphatic rings. The number of fused-ring (bicyclic) bond motifs is 1. The lowest BCUT2D eigenvalue weighted by atomic mass is 10.1. The van der Waals surface area contributed by atoms with Crippen LogP contribution < -0.4 is 5.32 Å². The van der Waals surface area contributed by atoms with Gasteiger partial charge < -0.3 is 5.32 Å². The highest BCUT2D eigenvalue weighted by Crippen LogP contribution is 2.30. The van der Waals surface area contributed by atoms with Crippen LogP contribution in [0.4, 0.5) is 11.4 Å². The third kappa shape index (κ3) is 1.89. The molecule has 0 unspecified atom stereocenters. The van der Waals surface area contributed by atoms with E-state index in [2.05, 4.69) is 17.4 Å². The first-order valence-corrected chi connectivity index (χ1v) is 5.85. The molecule has 2 heteroatoms. The standard InChI is InChI=1S/C16H12NO/c18-16-11-4-3-9-15(16)17-14-10-5-7-12-6-1-2-8-13(12)14/h1-11,17H. The lowest BCUT2D eigenvalue weighted by molar-refractivity contribution is 0.357. The monoisotopic (exact) mass is 234 g/mol. The Balaban J connectivity index is 2.08. The normalized spacial score (nSPS) is 10.4. The lowest BCUT2D eigenvalue weighted by Gasteiger charge is -2.10. The molecule has 87 valence electrons. The fourth-order valence-corrected chi connectivity index (χ4v) is 2.05. The molecular weight excluding hydrogens is 222 g/mol. The van der Waals surface area contributed by atoms with Crippen molar-refractivity contribution in [2.24, 2.45) is 0 Å². The summed E-state index contributed by atoms with van der Waals surface area (Å²) in [5, 5.41) is 17.2. The molecule has 0 heterocycles. The van der Waals surface area contributed by atoms with E-state index in [9.17, 15) is 5.11 Å². The second-order valence-corrected chi connectivity index (χ2v) is 4.15. The molecule has 0 aliphatic carbocycles. The van der Waals surface area contributed by atoms with Gasteiger partial charge in [-0.05, 0) is 23.6 Å². The number of anilines is 2. The second kappa shape index (κ2) is 4.41. The van der Waals surface area contributed by atoms with Gasteiger partial charge in [0.15, 0.2) is 0 Å². The van der Waals surface area contributed by atoms with Crippen LogP contribution >= 0.6 is 0 Å². The molecule has 18 heavy (non-hydrogen) atoms. The molecule has 2 nitrogen and oxygen atoms in total. The number of hydrogen-bond acceptors (Lipinski definition) is 1. The molecule has 0 atom stereocenters. The highest BCUT2D eigenvalue weighted by molar-refractivity contribution is 5.95. The number of para-hydroxylation sites is 2. The minimum atomic E-state index is 0.00503. The summed E-state index contributed by atoms with van der Waals surface area (Å²) in [7, 11) is 0. The van der Waals surface area contributed by atoms with Crippen molar-refractivity contribution in [1.29, 1.82) is 0 Å².